The molecule has 1 aromatic rings. The third-order valence-corrected chi connectivity index (χ3v) is 2.70. The van der Waals surface area contributed by atoms with E-state index in [-0.39, 0.29) is 12.5 Å². The highest BCUT2D eigenvalue weighted by Gasteiger charge is 2.11. The van der Waals surface area contributed by atoms with Gasteiger partial charge in [0.25, 0.3) is 0 Å². The number of anilines is 2. The first-order chi connectivity index (χ1) is 7.93. The maximum Gasteiger partial charge on any atom is 0.241 e. The van der Waals surface area contributed by atoms with Gasteiger partial charge < -0.3 is 15.5 Å². The summed E-state index contributed by atoms with van der Waals surface area (Å²) in [5.41, 5.74) is 5.68. The number of rotatable bonds is 4. The van der Waals surface area contributed by atoms with Crippen LogP contribution in [-0.4, -0.2) is 54.7 Å². The Balaban J connectivity index is 2.84. The topological polar surface area (TPSA) is 75.3 Å². The zero-order valence-electron chi connectivity index (χ0n) is 10.5. The molecular formula is C10H17N5OS. The maximum atomic E-state index is 11.6. The van der Waals surface area contributed by atoms with Crippen molar-refractivity contribution in [3.05, 3.63) is 6.07 Å². The van der Waals surface area contributed by atoms with Gasteiger partial charge in [-0.3, -0.25) is 4.79 Å². The second-order valence-corrected chi connectivity index (χ2v) is 4.56. The highest BCUT2D eigenvalue weighted by atomic mass is 32.2. The predicted octanol–water partition coefficient (Wildman–Crippen LogP) is 0.305. The van der Waals surface area contributed by atoms with Crippen LogP contribution in [0.3, 0.4) is 0 Å². The Morgan fingerprint density at radius 1 is 1.41 bits per heavy atom. The molecule has 0 radical (unpaired) electrons. The molecule has 17 heavy (non-hydrogen) atoms. The van der Waals surface area contributed by atoms with Gasteiger partial charge in [-0.05, 0) is 6.26 Å². The number of carbonyl (C=O) groups is 1. The first-order valence-corrected chi connectivity index (χ1v) is 6.26. The van der Waals surface area contributed by atoms with Crippen molar-refractivity contribution in [1.29, 1.82) is 0 Å². The molecule has 0 aliphatic carbocycles. The summed E-state index contributed by atoms with van der Waals surface area (Å²) in [5.74, 6) is 1.07. The molecule has 0 fully saturated rings. The average Bonchev–Trinajstić information content (AvgIpc) is 2.27. The number of nitrogen functional groups attached to an aromatic ring is 1. The van der Waals surface area contributed by atoms with Gasteiger partial charge in [0, 0.05) is 27.2 Å². The molecule has 0 aliphatic heterocycles. The summed E-state index contributed by atoms with van der Waals surface area (Å²) in [6.45, 7) is 0.261. The summed E-state index contributed by atoms with van der Waals surface area (Å²) in [4.78, 5) is 23.2. The van der Waals surface area contributed by atoms with Gasteiger partial charge in [-0.2, -0.15) is 0 Å². The van der Waals surface area contributed by atoms with Crippen LogP contribution in [0.1, 0.15) is 0 Å². The normalized spacial score (nSPS) is 10.1. The van der Waals surface area contributed by atoms with Gasteiger partial charge in [-0.1, -0.05) is 11.8 Å². The van der Waals surface area contributed by atoms with Crippen LogP contribution in [0.4, 0.5) is 11.6 Å². The second-order valence-electron chi connectivity index (χ2n) is 3.78. The van der Waals surface area contributed by atoms with Gasteiger partial charge in [0.2, 0.25) is 5.91 Å². The zero-order chi connectivity index (χ0) is 13.0. The number of amides is 1. The number of likely N-dealkylation sites (N-methyl/N-ethyl adjacent to an activating group) is 2. The summed E-state index contributed by atoms with van der Waals surface area (Å²) in [7, 11) is 5.24. The van der Waals surface area contributed by atoms with Crippen molar-refractivity contribution in [2.45, 2.75) is 5.16 Å². The lowest BCUT2D eigenvalue weighted by atomic mass is 10.4. The van der Waals surface area contributed by atoms with E-state index in [0.717, 1.165) is 0 Å². The van der Waals surface area contributed by atoms with Crippen LogP contribution in [0.2, 0.25) is 0 Å². The van der Waals surface area contributed by atoms with E-state index in [1.807, 2.05) is 6.26 Å². The number of hydrogen-bond donors (Lipinski definition) is 1. The van der Waals surface area contributed by atoms with E-state index < -0.39 is 0 Å². The van der Waals surface area contributed by atoms with Crippen LogP contribution < -0.4 is 10.6 Å². The second kappa shape index (κ2) is 5.72. The zero-order valence-corrected chi connectivity index (χ0v) is 11.3. The van der Waals surface area contributed by atoms with E-state index in [2.05, 4.69) is 9.97 Å². The van der Waals surface area contributed by atoms with Gasteiger partial charge in [-0.25, -0.2) is 9.97 Å². The SMILES string of the molecule is CSc1nc(N)cc(N(C)CC(=O)N(C)C)n1. The van der Waals surface area contributed by atoms with E-state index in [1.54, 1.807) is 32.1 Å². The Bertz CT molecular complexity index is 410. The quantitative estimate of drug-likeness (QED) is 0.616. The molecule has 0 aliphatic rings. The van der Waals surface area contributed by atoms with Crippen molar-refractivity contribution < 1.29 is 4.79 Å². The molecule has 7 heteroatoms. The molecule has 0 atom stereocenters. The van der Waals surface area contributed by atoms with Crippen molar-refractivity contribution in [3.63, 3.8) is 0 Å². The van der Waals surface area contributed by atoms with Gasteiger partial charge in [-0.15, -0.1) is 0 Å². The van der Waals surface area contributed by atoms with Crippen LogP contribution in [0.25, 0.3) is 0 Å². The van der Waals surface area contributed by atoms with E-state index >= 15 is 0 Å². The Morgan fingerprint density at radius 3 is 2.59 bits per heavy atom. The Hall–Kier alpha value is -1.50. The van der Waals surface area contributed by atoms with Crippen molar-refractivity contribution in [1.82, 2.24) is 14.9 Å². The fourth-order valence-corrected chi connectivity index (χ4v) is 1.52. The predicted molar refractivity (Wildman–Crippen MR) is 70.2 cm³/mol. The van der Waals surface area contributed by atoms with Gasteiger partial charge in [0.15, 0.2) is 5.16 Å². The number of hydrogen-bond acceptors (Lipinski definition) is 6. The lowest BCUT2D eigenvalue weighted by Crippen LogP contribution is -2.34. The number of carbonyl (C=O) groups excluding carboxylic acids is 1. The minimum Gasteiger partial charge on any atom is -0.383 e. The lowest BCUT2D eigenvalue weighted by molar-refractivity contribution is -0.127. The molecule has 0 saturated carbocycles. The van der Waals surface area contributed by atoms with Crippen LogP contribution in [0.5, 0.6) is 0 Å². The van der Waals surface area contributed by atoms with E-state index in [9.17, 15) is 4.79 Å². The molecule has 1 amide bonds. The first-order valence-electron chi connectivity index (χ1n) is 5.04. The number of thioether (sulfide) groups is 1. The number of aromatic nitrogens is 2. The van der Waals surface area contributed by atoms with E-state index in [4.69, 9.17) is 5.73 Å². The lowest BCUT2D eigenvalue weighted by Gasteiger charge is -2.20. The smallest absolute Gasteiger partial charge is 0.241 e. The van der Waals surface area contributed by atoms with Gasteiger partial charge in [0.05, 0.1) is 6.54 Å². The summed E-state index contributed by atoms with van der Waals surface area (Å²) >= 11 is 1.42. The molecule has 0 spiro atoms. The monoisotopic (exact) mass is 255 g/mol. The molecule has 2 N–H and O–H groups in total. The minimum atomic E-state index is 0.00962. The van der Waals surface area contributed by atoms with E-state index in [0.29, 0.717) is 16.8 Å². The fraction of sp³-hybridized carbons (Fsp3) is 0.500. The first kappa shape index (κ1) is 13.6. The maximum absolute atomic E-state index is 11.6. The summed E-state index contributed by atoms with van der Waals surface area (Å²) in [6.07, 6.45) is 1.88. The summed E-state index contributed by atoms with van der Waals surface area (Å²) in [6, 6.07) is 1.66. The number of nitrogens with zero attached hydrogens (tertiary/aromatic N) is 4. The minimum absolute atomic E-state index is 0.00962. The molecule has 0 unspecified atom stereocenters. The Morgan fingerprint density at radius 2 is 2.06 bits per heavy atom. The number of nitrogens with two attached hydrogens (primary N) is 1. The Kier molecular flexibility index (Phi) is 4.56. The molecule has 6 nitrogen and oxygen atoms in total. The summed E-state index contributed by atoms with van der Waals surface area (Å²) in [5, 5.41) is 0.601. The van der Waals surface area contributed by atoms with Gasteiger partial charge >= 0.3 is 0 Å². The molecule has 94 valence electrons. The van der Waals surface area contributed by atoms with Crippen LogP contribution >= 0.6 is 11.8 Å². The van der Waals surface area contributed by atoms with Crippen molar-refractivity contribution >= 4 is 29.3 Å². The summed E-state index contributed by atoms with van der Waals surface area (Å²) < 4.78 is 0. The molecule has 0 aromatic carbocycles. The Labute approximate surface area is 105 Å². The van der Waals surface area contributed by atoms with Crippen LogP contribution in [0.15, 0.2) is 11.2 Å². The van der Waals surface area contributed by atoms with Gasteiger partial charge in [0.1, 0.15) is 11.6 Å². The van der Waals surface area contributed by atoms with E-state index in [1.165, 1.54) is 16.7 Å². The van der Waals surface area contributed by atoms with Crippen molar-refractivity contribution in [3.8, 4) is 0 Å². The van der Waals surface area contributed by atoms with Crippen LogP contribution in [-0.2, 0) is 4.79 Å². The molecule has 0 saturated heterocycles. The molecule has 1 heterocycles. The molecule has 1 rings (SSSR count). The highest BCUT2D eigenvalue weighted by Crippen LogP contribution is 2.17. The van der Waals surface area contributed by atoms with Crippen LogP contribution in [0, 0.1) is 0 Å². The van der Waals surface area contributed by atoms with Crippen molar-refractivity contribution in [2.24, 2.45) is 0 Å². The standard InChI is InChI=1S/C10H17N5OS/c1-14(2)9(16)6-15(3)8-5-7(11)12-10(13-8)17-4/h5H,6H2,1-4H3,(H2,11,12,13). The third kappa shape index (κ3) is 3.77. The average molecular weight is 255 g/mol. The highest BCUT2D eigenvalue weighted by molar-refractivity contribution is 7.98. The molecule has 0 bridgehead atoms. The largest absolute Gasteiger partial charge is 0.383 e. The molecule has 1 aromatic heterocycles. The molecular weight excluding hydrogens is 238 g/mol. The fourth-order valence-electron chi connectivity index (χ4n) is 1.14. The third-order valence-electron chi connectivity index (χ3n) is 2.16. The van der Waals surface area contributed by atoms with Crippen molar-refractivity contribution in [2.75, 3.05) is 44.6 Å².